The Morgan fingerprint density at radius 1 is 1.33 bits per heavy atom. The van der Waals surface area contributed by atoms with Crippen molar-refractivity contribution in [2.75, 3.05) is 6.61 Å². The van der Waals surface area contributed by atoms with E-state index in [0.717, 1.165) is 19.3 Å². The Morgan fingerprint density at radius 3 is 2.42 bits per heavy atom. The Labute approximate surface area is 75.2 Å². The van der Waals surface area contributed by atoms with Crippen LogP contribution < -0.4 is 5.73 Å². The standard InChI is InChI=1S/C10H21NO/c1-9(5-8-12)10(11)6-3-2-4-7-10/h9,12H,2-8,11H2,1H3. The second-order valence-electron chi connectivity index (χ2n) is 4.21. The average Bonchev–Trinajstić information content (AvgIpc) is 2.06. The maximum Gasteiger partial charge on any atom is 0.0434 e. The lowest BCUT2D eigenvalue weighted by molar-refractivity contribution is 0.166. The van der Waals surface area contributed by atoms with E-state index in [-0.39, 0.29) is 12.1 Å². The zero-order valence-electron chi connectivity index (χ0n) is 8.05. The lowest BCUT2D eigenvalue weighted by atomic mass is 9.73. The van der Waals surface area contributed by atoms with Gasteiger partial charge >= 0.3 is 0 Å². The molecular weight excluding hydrogens is 150 g/mol. The molecule has 0 aromatic rings. The van der Waals surface area contributed by atoms with Gasteiger partial charge in [0.05, 0.1) is 0 Å². The van der Waals surface area contributed by atoms with E-state index in [9.17, 15) is 0 Å². The number of aliphatic hydroxyl groups excluding tert-OH is 1. The van der Waals surface area contributed by atoms with Crippen molar-refractivity contribution in [3.05, 3.63) is 0 Å². The molecule has 0 aromatic carbocycles. The molecule has 2 nitrogen and oxygen atoms in total. The monoisotopic (exact) mass is 171 g/mol. The van der Waals surface area contributed by atoms with E-state index in [4.69, 9.17) is 10.8 Å². The van der Waals surface area contributed by atoms with Crippen LogP contribution in [0.4, 0.5) is 0 Å². The van der Waals surface area contributed by atoms with Gasteiger partial charge in [0.25, 0.3) is 0 Å². The fourth-order valence-electron chi connectivity index (χ4n) is 2.18. The van der Waals surface area contributed by atoms with Gasteiger partial charge in [-0.05, 0) is 25.2 Å². The summed E-state index contributed by atoms with van der Waals surface area (Å²) in [4.78, 5) is 0. The molecule has 1 saturated carbocycles. The van der Waals surface area contributed by atoms with Crippen LogP contribution in [0.25, 0.3) is 0 Å². The Balaban J connectivity index is 2.44. The molecule has 0 radical (unpaired) electrons. The SMILES string of the molecule is CC(CCO)C1(N)CCCCC1. The number of hydrogen-bond acceptors (Lipinski definition) is 2. The fourth-order valence-corrected chi connectivity index (χ4v) is 2.18. The van der Waals surface area contributed by atoms with E-state index in [1.165, 1.54) is 19.3 Å². The van der Waals surface area contributed by atoms with Crippen LogP contribution in [0.5, 0.6) is 0 Å². The molecule has 1 unspecified atom stereocenters. The summed E-state index contributed by atoms with van der Waals surface area (Å²) in [5, 5.41) is 8.83. The molecule has 0 bridgehead atoms. The summed E-state index contributed by atoms with van der Waals surface area (Å²) in [6.07, 6.45) is 7.03. The van der Waals surface area contributed by atoms with Crippen molar-refractivity contribution in [3.8, 4) is 0 Å². The van der Waals surface area contributed by atoms with Crippen molar-refractivity contribution in [3.63, 3.8) is 0 Å². The van der Waals surface area contributed by atoms with Gasteiger partial charge in [-0.3, -0.25) is 0 Å². The van der Waals surface area contributed by atoms with Crippen molar-refractivity contribution >= 4 is 0 Å². The van der Waals surface area contributed by atoms with Gasteiger partial charge in [-0.25, -0.2) is 0 Å². The van der Waals surface area contributed by atoms with Gasteiger partial charge in [-0.15, -0.1) is 0 Å². The number of aliphatic hydroxyl groups is 1. The average molecular weight is 171 g/mol. The smallest absolute Gasteiger partial charge is 0.0434 e. The first-order valence-electron chi connectivity index (χ1n) is 5.09. The Bertz CT molecular complexity index is 130. The van der Waals surface area contributed by atoms with Crippen LogP contribution in [0.15, 0.2) is 0 Å². The summed E-state index contributed by atoms with van der Waals surface area (Å²) in [6.45, 7) is 2.45. The van der Waals surface area contributed by atoms with Crippen molar-refractivity contribution in [1.82, 2.24) is 0 Å². The van der Waals surface area contributed by atoms with Crippen LogP contribution in [0.1, 0.15) is 45.4 Å². The zero-order valence-corrected chi connectivity index (χ0v) is 8.05. The van der Waals surface area contributed by atoms with Crippen LogP contribution in [0, 0.1) is 5.92 Å². The van der Waals surface area contributed by atoms with E-state index >= 15 is 0 Å². The van der Waals surface area contributed by atoms with E-state index in [2.05, 4.69) is 6.92 Å². The van der Waals surface area contributed by atoms with Gasteiger partial charge in [-0.1, -0.05) is 26.2 Å². The molecule has 1 rings (SSSR count). The minimum atomic E-state index is 0.0288. The maximum absolute atomic E-state index is 8.83. The van der Waals surface area contributed by atoms with Gasteiger partial charge in [0.15, 0.2) is 0 Å². The van der Waals surface area contributed by atoms with Crippen molar-refractivity contribution in [1.29, 1.82) is 0 Å². The Morgan fingerprint density at radius 2 is 1.92 bits per heavy atom. The van der Waals surface area contributed by atoms with Gasteiger partial charge < -0.3 is 10.8 Å². The van der Waals surface area contributed by atoms with Gasteiger partial charge in [0.1, 0.15) is 0 Å². The van der Waals surface area contributed by atoms with Gasteiger partial charge in [0.2, 0.25) is 0 Å². The van der Waals surface area contributed by atoms with Crippen molar-refractivity contribution in [2.45, 2.75) is 51.0 Å². The molecular formula is C10H21NO. The molecule has 0 aromatic heterocycles. The predicted octanol–water partition coefficient (Wildman–Crippen LogP) is 1.67. The summed E-state index contributed by atoms with van der Waals surface area (Å²) in [7, 11) is 0. The van der Waals surface area contributed by atoms with Crippen molar-refractivity contribution < 1.29 is 5.11 Å². The number of nitrogens with two attached hydrogens (primary N) is 1. The summed E-state index contributed by atoms with van der Waals surface area (Å²) >= 11 is 0. The topological polar surface area (TPSA) is 46.2 Å². The van der Waals surface area contributed by atoms with E-state index < -0.39 is 0 Å². The van der Waals surface area contributed by atoms with E-state index in [1.54, 1.807) is 0 Å². The molecule has 2 heteroatoms. The van der Waals surface area contributed by atoms with E-state index in [1.807, 2.05) is 0 Å². The fraction of sp³-hybridized carbons (Fsp3) is 1.00. The molecule has 1 fully saturated rings. The quantitative estimate of drug-likeness (QED) is 0.678. The zero-order chi connectivity index (χ0) is 9.03. The summed E-state index contributed by atoms with van der Waals surface area (Å²) in [5.74, 6) is 0.475. The second kappa shape index (κ2) is 4.24. The van der Waals surface area contributed by atoms with Crippen molar-refractivity contribution in [2.24, 2.45) is 11.7 Å². The van der Waals surface area contributed by atoms with Crippen LogP contribution >= 0.6 is 0 Å². The van der Waals surface area contributed by atoms with E-state index in [0.29, 0.717) is 5.92 Å². The first-order chi connectivity index (χ1) is 5.69. The molecule has 0 aliphatic heterocycles. The minimum absolute atomic E-state index is 0.0288. The highest BCUT2D eigenvalue weighted by molar-refractivity contribution is 4.91. The Hall–Kier alpha value is -0.0800. The molecule has 0 heterocycles. The van der Waals surface area contributed by atoms with Crippen LogP contribution in [0.3, 0.4) is 0 Å². The molecule has 72 valence electrons. The number of rotatable bonds is 3. The highest BCUT2D eigenvalue weighted by Gasteiger charge is 2.32. The first kappa shape index (κ1) is 10.0. The summed E-state index contributed by atoms with van der Waals surface area (Å²) < 4.78 is 0. The van der Waals surface area contributed by atoms with Gasteiger partial charge in [-0.2, -0.15) is 0 Å². The number of hydrogen-bond donors (Lipinski definition) is 2. The third kappa shape index (κ3) is 2.20. The second-order valence-corrected chi connectivity index (χ2v) is 4.21. The Kier molecular flexibility index (Phi) is 3.53. The minimum Gasteiger partial charge on any atom is -0.396 e. The lowest BCUT2D eigenvalue weighted by Crippen LogP contribution is -2.47. The molecule has 0 saturated heterocycles. The predicted molar refractivity (Wildman–Crippen MR) is 50.9 cm³/mol. The molecule has 0 amide bonds. The molecule has 1 aliphatic carbocycles. The normalized spacial score (nSPS) is 25.2. The lowest BCUT2D eigenvalue weighted by Gasteiger charge is -2.38. The molecule has 12 heavy (non-hydrogen) atoms. The highest BCUT2D eigenvalue weighted by Crippen LogP contribution is 2.33. The molecule has 0 spiro atoms. The molecule has 1 aliphatic rings. The highest BCUT2D eigenvalue weighted by atomic mass is 16.3. The first-order valence-corrected chi connectivity index (χ1v) is 5.09. The summed E-state index contributed by atoms with van der Waals surface area (Å²) in [6, 6.07) is 0. The van der Waals surface area contributed by atoms with Crippen LogP contribution in [-0.2, 0) is 0 Å². The van der Waals surface area contributed by atoms with Crippen LogP contribution in [-0.4, -0.2) is 17.3 Å². The van der Waals surface area contributed by atoms with Gasteiger partial charge in [0, 0.05) is 12.1 Å². The summed E-state index contributed by atoms with van der Waals surface area (Å²) in [5.41, 5.74) is 6.31. The third-order valence-electron chi connectivity index (χ3n) is 3.33. The maximum atomic E-state index is 8.83. The largest absolute Gasteiger partial charge is 0.396 e. The molecule has 1 atom stereocenters. The molecule has 3 N–H and O–H groups in total. The van der Waals surface area contributed by atoms with Crippen LogP contribution in [0.2, 0.25) is 0 Å². The third-order valence-corrected chi connectivity index (χ3v) is 3.33.